The van der Waals surface area contributed by atoms with Crippen LogP contribution in [0.25, 0.3) is 10.9 Å². The number of piperidine rings is 1. The van der Waals surface area contributed by atoms with Gasteiger partial charge >= 0.3 is 5.97 Å². The molecule has 1 aliphatic heterocycles. The summed E-state index contributed by atoms with van der Waals surface area (Å²) in [6.07, 6.45) is 7.48. The molecule has 6 heteroatoms. The number of carboxylic acid groups (broad SMARTS) is 1. The molecule has 1 fully saturated rings. The lowest BCUT2D eigenvalue weighted by Gasteiger charge is -2.38. The zero-order valence-corrected chi connectivity index (χ0v) is 22.3. The molecule has 192 valence electrons. The Hall–Kier alpha value is -2.57. The first kappa shape index (κ1) is 26.5. The Bertz CT molecular complexity index is 1150. The molecule has 1 saturated heterocycles. The minimum Gasteiger partial charge on any atom is -0.497 e. The quantitative estimate of drug-likeness (QED) is 0.224. The third kappa shape index (κ3) is 7.23. The Balaban J connectivity index is 1.27. The molecule has 5 nitrogen and oxygen atoms in total. The topological polar surface area (TPSA) is 62.7 Å². The Morgan fingerprint density at radius 3 is 2.83 bits per heavy atom. The number of carboxylic acids is 1. The van der Waals surface area contributed by atoms with Crippen molar-refractivity contribution < 1.29 is 14.6 Å². The molecule has 4 rings (SSSR count). The average molecular weight is 507 g/mol. The summed E-state index contributed by atoms with van der Waals surface area (Å²) in [6.45, 7) is 5.19. The number of aryl methyl sites for hydroxylation is 2. The van der Waals surface area contributed by atoms with Crippen molar-refractivity contribution in [1.82, 2.24) is 9.88 Å². The van der Waals surface area contributed by atoms with Crippen LogP contribution >= 0.6 is 11.8 Å². The van der Waals surface area contributed by atoms with Crippen LogP contribution in [0.4, 0.5) is 0 Å². The minimum atomic E-state index is -0.672. The third-order valence-electron chi connectivity index (χ3n) is 7.44. The molecule has 1 aliphatic rings. The standard InChI is InChI=1S/C30H38N2O3S/c1-22-7-3-4-10-29(22)36-18-6-16-32-17-14-23(25(21-32)19-30(33)34)8-5-9-24-13-15-31-28-12-11-26(35-2)20-27(24)28/h3-4,7,10-13,15,20,23,25H,5-6,8-9,14,16-19,21H2,1-2H3,(H,33,34)/t23-,25+/m1/s1. The normalized spacial score (nSPS) is 18.4. The molecule has 2 heterocycles. The number of aromatic nitrogens is 1. The summed E-state index contributed by atoms with van der Waals surface area (Å²) < 4.78 is 5.41. The molecule has 1 N–H and O–H groups in total. The number of likely N-dealkylation sites (tertiary alicyclic amines) is 1. The van der Waals surface area contributed by atoms with Crippen LogP contribution in [0.5, 0.6) is 5.75 Å². The Labute approximate surface area is 219 Å². The number of rotatable bonds is 12. The molecule has 0 saturated carbocycles. The van der Waals surface area contributed by atoms with Crippen LogP contribution in [0.15, 0.2) is 59.6 Å². The van der Waals surface area contributed by atoms with Gasteiger partial charge in [-0.2, -0.15) is 0 Å². The first-order chi connectivity index (χ1) is 17.5. The summed E-state index contributed by atoms with van der Waals surface area (Å²) in [4.78, 5) is 20.0. The van der Waals surface area contributed by atoms with Crippen molar-refractivity contribution >= 4 is 28.6 Å². The van der Waals surface area contributed by atoms with Gasteiger partial charge in [0.1, 0.15) is 5.75 Å². The molecule has 0 amide bonds. The van der Waals surface area contributed by atoms with E-state index in [-0.39, 0.29) is 12.3 Å². The zero-order valence-electron chi connectivity index (χ0n) is 21.5. The second-order valence-corrected chi connectivity index (χ2v) is 11.1. The maximum Gasteiger partial charge on any atom is 0.303 e. The highest BCUT2D eigenvalue weighted by Gasteiger charge is 2.30. The van der Waals surface area contributed by atoms with Gasteiger partial charge in [-0.1, -0.05) is 18.2 Å². The summed E-state index contributed by atoms with van der Waals surface area (Å²) in [5, 5.41) is 10.7. The lowest BCUT2D eigenvalue weighted by Crippen LogP contribution is -2.41. The smallest absolute Gasteiger partial charge is 0.303 e. The first-order valence-corrected chi connectivity index (χ1v) is 14.1. The fourth-order valence-electron chi connectivity index (χ4n) is 5.47. The van der Waals surface area contributed by atoms with E-state index in [0.29, 0.717) is 5.92 Å². The van der Waals surface area contributed by atoms with Gasteiger partial charge in [0.2, 0.25) is 0 Å². The maximum atomic E-state index is 11.6. The SMILES string of the molecule is COc1ccc2nccc(CCC[C@@H]3CCN(CCCSc4ccccc4C)C[C@@H]3CC(=O)O)c2c1. The molecule has 3 aromatic rings. The van der Waals surface area contributed by atoms with Gasteiger partial charge < -0.3 is 14.7 Å². The van der Waals surface area contributed by atoms with E-state index in [1.807, 2.05) is 30.1 Å². The second kappa shape index (κ2) is 13.1. The second-order valence-electron chi connectivity index (χ2n) is 9.92. The van der Waals surface area contributed by atoms with Crippen molar-refractivity contribution in [2.45, 2.75) is 50.3 Å². The Morgan fingerprint density at radius 1 is 1.17 bits per heavy atom. The molecule has 0 bridgehead atoms. The van der Waals surface area contributed by atoms with Crippen LogP contribution in [-0.2, 0) is 11.2 Å². The molecule has 2 aromatic carbocycles. The summed E-state index contributed by atoms with van der Waals surface area (Å²) in [5.74, 6) is 1.98. The van der Waals surface area contributed by atoms with E-state index in [2.05, 4.69) is 53.2 Å². The largest absolute Gasteiger partial charge is 0.497 e. The lowest BCUT2D eigenvalue weighted by molar-refractivity contribution is -0.139. The lowest BCUT2D eigenvalue weighted by atomic mass is 9.80. The monoisotopic (exact) mass is 506 g/mol. The van der Waals surface area contributed by atoms with E-state index in [0.717, 1.165) is 74.1 Å². The van der Waals surface area contributed by atoms with Gasteiger partial charge in [-0.15, -0.1) is 11.8 Å². The van der Waals surface area contributed by atoms with Gasteiger partial charge in [0.05, 0.1) is 12.6 Å². The van der Waals surface area contributed by atoms with Gasteiger partial charge in [-0.25, -0.2) is 0 Å². The van der Waals surface area contributed by atoms with Crippen LogP contribution in [0, 0.1) is 18.8 Å². The number of methoxy groups -OCH3 is 1. The summed E-state index contributed by atoms with van der Waals surface area (Å²) in [7, 11) is 1.69. The number of thioether (sulfide) groups is 1. The number of aliphatic carboxylic acids is 1. The molecule has 36 heavy (non-hydrogen) atoms. The fraction of sp³-hybridized carbons (Fsp3) is 0.467. The number of fused-ring (bicyclic) bond motifs is 1. The van der Waals surface area contributed by atoms with Crippen molar-refractivity contribution in [2.24, 2.45) is 11.8 Å². The highest BCUT2D eigenvalue weighted by atomic mass is 32.2. The maximum absolute atomic E-state index is 11.6. The predicted molar refractivity (Wildman–Crippen MR) is 148 cm³/mol. The van der Waals surface area contributed by atoms with E-state index < -0.39 is 5.97 Å². The first-order valence-electron chi connectivity index (χ1n) is 13.1. The van der Waals surface area contributed by atoms with Crippen LogP contribution in [0.3, 0.4) is 0 Å². The van der Waals surface area contributed by atoms with Gasteiger partial charge in [-0.05, 0) is 111 Å². The van der Waals surface area contributed by atoms with Crippen molar-refractivity contribution in [3.05, 3.63) is 65.9 Å². The number of benzene rings is 2. The number of ether oxygens (including phenoxy) is 1. The molecule has 0 radical (unpaired) electrons. The number of carbonyl (C=O) groups is 1. The van der Waals surface area contributed by atoms with Gasteiger partial charge in [0, 0.05) is 29.4 Å². The summed E-state index contributed by atoms with van der Waals surface area (Å²) >= 11 is 1.93. The third-order valence-corrected chi connectivity index (χ3v) is 8.70. The molecular weight excluding hydrogens is 468 g/mol. The van der Waals surface area contributed by atoms with Crippen LogP contribution in [0.2, 0.25) is 0 Å². The van der Waals surface area contributed by atoms with Crippen molar-refractivity contribution in [1.29, 1.82) is 0 Å². The van der Waals surface area contributed by atoms with Crippen molar-refractivity contribution in [2.75, 3.05) is 32.5 Å². The molecule has 0 aliphatic carbocycles. The van der Waals surface area contributed by atoms with E-state index >= 15 is 0 Å². The zero-order chi connectivity index (χ0) is 25.3. The Kier molecular flexibility index (Phi) is 9.65. The highest BCUT2D eigenvalue weighted by molar-refractivity contribution is 7.99. The van der Waals surface area contributed by atoms with E-state index in [4.69, 9.17) is 4.74 Å². The van der Waals surface area contributed by atoms with Crippen molar-refractivity contribution in [3.8, 4) is 5.75 Å². The van der Waals surface area contributed by atoms with Crippen molar-refractivity contribution in [3.63, 3.8) is 0 Å². The fourth-order valence-corrected chi connectivity index (χ4v) is 6.43. The molecule has 2 atom stereocenters. The molecule has 1 aromatic heterocycles. The highest BCUT2D eigenvalue weighted by Crippen LogP contribution is 2.32. The van der Waals surface area contributed by atoms with Crippen LogP contribution in [-0.4, -0.2) is 53.5 Å². The van der Waals surface area contributed by atoms with Crippen LogP contribution in [0.1, 0.15) is 43.2 Å². The van der Waals surface area contributed by atoms with E-state index in [9.17, 15) is 9.90 Å². The van der Waals surface area contributed by atoms with Gasteiger partial charge in [0.25, 0.3) is 0 Å². The van der Waals surface area contributed by atoms with Crippen LogP contribution < -0.4 is 4.74 Å². The van der Waals surface area contributed by atoms with Gasteiger partial charge in [-0.3, -0.25) is 9.78 Å². The summed E-state index contributed by atoms with van der Waals surface area (Å²) in [5.41, 5.74) is 3.62. The van der Waals surface area contributed by atoms with Gasteiger partial charge in [0.15, 0.2) is 0 Å². The number of hydrogen-bond donors (Lipinski definition) is 1. The number of hydrogen-bond acceptors (Lipinski definition) is 5. The minimum absolute atomic E-state index is 0.231. The predicted octanol–water partition coefficient (Wildman–Crippen LogP) is 6.47. The molecular formula is C30H38N2O3S. The molecule has 0 spiro atoms. The number of pyridine rings is 1. The number of nitrogens with zero attached hydrogens (tertiary/aromatic N) is 2. The molecule has 0 unspecified atom stereocenters. The average Bonchev–Trinajstić information content (AvgIpc) is 2.88. The Morgan fingerprint density at radius 2 is 2.03 bits per heavy atom. The van der Waals surface area contributed by atoms with E-state index in [1.165, 1.54) is 16.0 Å². The van der Waals surface area contributed by atoms with E-state index in [1.54, 1.807) is 7.11 Å². The summed E-state index contributed by atoms with van der Waals surface area (Å²) in [6, 6.07) is 16.7.